The molecule has 10 heteroatoms. The molecule has 2 aliphatic heterocycles. The first-order valence-electron chi connectivity index (χ1n) is 12.8. The second-order valence-corrected chi connectivity index (χ2v) is 10.6. The van der Waals surface area contributed by atoms with Crippen molar-refractivity contribution < 1.29 is 33.8 Å². The minimum absolute atomic E-state index is 0.0302. The van der Waals surface area contributed by atoms with Crippen LogP contribution in [-0.4, -0.2) is 69.5 Å². The summed E-state index contributed by atoms with van der Waals surface area (Å²) in [4.78, 5) is 55.2. The van der Waals surface area contributed by atoms with Gasteiger partial charge in [-0.1, -0.05) is 32.0 Å². The van der Waals surface area contributed by atoms with Gasteiger partial charge >= 0.3 is 12.1 Å². The van der Waals surface area contributed by atoms with Crippen molar-refractivity contribution in [3.63, 3.8) is 0 Å². The van der Waals surface area contributed by atoms with Gasteiger partial charge in [0, 0.05) is 57.6 Å². The molecule has 0 unspecified atom stereocenters. The normalized spacial score (nSPS) is 17.8. The topological polar surface area (TPSA) is 126 Å². The van der Waals surface area contributed by atoms with E-state index in [1.165, 1.54) is 4.90 Å². The third-order valence-corrected chi connectivity index (χ3v) is 6.76. The highest BCUT2D eigenvalue weighted by Gasteiger charge is 2.37. The number of carbonyl (C=O) groups is 4. The van der Waals surface area contributed by atoms with Crippen molar-refractivity contribution in [3.8, 4) is 11.6 Å². The van der Waals surface area contributed by atoms with Crippen LogP contribution in [0.3, 0.4) is 0 Å². The highest BCUT2D eigenvalue weighted by atomic mass is 16.6. The van der Waals surface area contributed by atoms with Crippen molar-refractivity contribution in [1.82, 2.24) is 14.8 Å². The molecule has 4 rings (SSSR count). The van der Waals surface area contributed by atoms with E-state index in [2.05, 4.69) is 4.98 Å². The van der Waals surface area contributed by atoms with E-state index in [0.29, 0.717) is 63.1 Å². The molecule has 202 valence electrons. The van der Waals surface area contributed by atoms with Gasteiger partial charge in [-0.3, -0.25) is 19.3 Å². The molecule has 0 saturated carbocycles. The number of imide groups is 1. The van der Waals surface area contributed by atoms with Crippen molar-refractivity contribution in [2.24, 2.45) is 5.41 Å². The first-order chi connectivity index (χ1) is 18.1. The molecule has 0 spiro atoms. The number of hydrogen-bond acceptors (Lipinski definition) is 7. The van der Waals surface area contributed by atoms with E-state index < -0.39 is 12.1 Å². The number of likely N-dealkylation sites (tertiary alicyclic amines) is 2. The number of carboxylic acids is 1. The number of hydrogen-bond donors (Lipinski definition) is 1. The SMILES string of the molecule is CC1(C)CC(=O)N(CCc2ccc(OC(=O)N3CCC(Oc4ccc(CC(=O)O)cc4)CC3)nc2)C(=O)C1. The summed E-state index contributed by atoms with van der Waals surface area (Å²) in [5, 5.41) is 8.87. The van der Waals surface area contributed by atoms with Crippen LogP contribution in [0.25, 0.3) is 0 Å². The average molecular weight is 524 g/mol. The summed E-state index contributed by atoms with van der Waals surface area (Å²) in [6.45, 7) is 5.11. The Balaban J connectivity index is 1.20. The lowest BCUT2D eigenvalue weighted by Gasteiger charge is -2.34. The summed E-state index contributed by atoms with van der Waals surface area (Å²) in [6.07, 6.45) is 3.51. The molecular weight excluding hydrogens is 490 g/mol. The summed E-state index contributed by atoms with van der Waals surface area (Å²) in [6, 6.07) is 10.4. The fourth-order valence-corrected chi connectivity index (χ4v) is 4.68. The number of carbonyl (C=O) groups excluding carboxylic acids is 3. The molecule has 0 atom stereocenters. The summed E-state index contributed by atoms with van der Waals surface area (Å²) >= 11 is 0. The van der Waals surface area contributed by atoms with Crippen molar-refractivity contribution in [2.75, 3.05) is 19.6 Å². The maximum Gasteiger partial charge on any atom is 0.416 e. The molecule has 0 bridgehead atoms. The van der Waals surface area contributed by atoms with Crippen molar-refractivity contribution >= 4 is 23.9 Å². The van der Waals surface area contributed by atoms with Crippen LogP contribution in [0.1, 0.15) is 50.7 Å². The molecular formula is C28H33N3O7. The van der Waals surface area contributed by atoms with Gasteiger partial charge in [0.25, 0.3) is 0 Å². The molecule has 0 aliphatic carbocycles. The quantitative estimate of drug-likeness (QED) is 0.521. The summed E-state index contributed by atoms with van der Waals surface area (Å²) in [7, 11) is 0. The number of ether oxygens (including phenoxy) is 2. The summed E-state index contributed by atoms with van der Waals surface area (Å²) in [5.74, 6) is -0.315. The van der Waals surface area contributed by atoms with E-state index in [-0.39, 0.29) is 35.6 Å². The molecule has 3 heterocycles. The lowest BCUT2D eigenvalue weighted by atomic mass is 9.81. The third kappa shape index (κ3) is 7.30. The molecule has 1 aromatic carbocycles. The summed E-state index contributed by atoms with van der Waals surface area (Å²) in [5.41, 5.74) is 1.25. The highest BCUT2D eigenvalue weighted by molar-refractivity contribution is 5.98. The van der Waals surface area contributed by atoms with E-state index in [9.17, 15) is 19.2 Å². The number of rotatable bonds is 8. The van der Waals surface area contributed by atoms with Gasteiger partial charge in [-0.15, -0.1) is 0 Å². The summed E-state index contributed by atoms with van der Waals surface area (Å²) < 4.78 is 11.4. The number of benzene rings is 1. The molecule has 2 aliphatic rings. The smallest absolute Gasteiger partial charge is 0.416 e. The zero-order valence-electron chi connectivity index (χ0n) is 21.7. The number of amides is 3. The number of piperidine rings is 2. The first-order valence-corrected chi connectivity index (χ1v) is 12.8. The zero-order valence-corrected chi connectivity index (χ0v) is 21.7. The third-order valence-electron chi connectivity index (χ3n) is 6.76. The lowest BCUT2D eigenvalue weighted by molar-refractivity contribution is -0.152. The molecule has 3 amide bonds. The Morgan fingerprint density at radius 1 is 1.00 bits per heavy atom. The molecule has 1 aromatic heterocycles. The maximum absolute atomic E-state index is 12.6. The molecule has 2 fully saturated rings. The van der Waals surface area contributed by atoms with Crippen LogP contribution >= 0.6 is 0 Å². The van der Waals surface area contributed by atoms with Gasteiger partial charge < -0.3 is 19.5 Å². The van der Waals surface area contributed by atoms with Gasteiger partial charge in [-0.25, -0.2) is 9.78 Å². The number of aromatic nitrogens is 1. The number of pyridine rings is 1. The highest BCUT2D eigenvalue weighted by Crippen LogP contribution is 2.31. The Bertz CT molecular complexity index is 1150. The molecule has 2 aromatic rings. The maximum atomic E-state index is 12.6. The van der Waals surface area contributed by atoms with E-state index >= 15 is 0 Å². The predicted molar refractivity (Wildman–Crippen MR) is 137 cm³/mol. The van der Waals surface area contributed by atoms with Crippen molar-refractivity contribution in [3.05, 3.63) is 53.7 Å². The fraction of sp³-hybridized carbons (Fsp3) is 0.464. The fourth-order valence-electron chi connectivity index (χ4n) is 4.68. The van der Waals surface area contributed by atoms with Gasteiger partial charge in [0.15, 0.2) is 0 Å². The second kappa shape index (κ2) is 11.6. The van der Waals surface area contributed by atoms with Crippen molar-refractivity contribution in [2.45, 2.75) is 58.5 Å². The van der Waals surface area contributed by atoms with Gasteiger partial charge in [0.05, 0.1) is 6.42 Å². The predicted octanol–water partition coefficient (Wildman–Crippen LogP) is 3.47. The Morgan fingerprint density at radius 3 is 2.21 bits per heavy atom. The number of nitrogens with zero attached hydrogens (tertiary/aromatic N) is 3. The average Bonchev–Trinajstić information content (AvgIpc) is 2.85. The van der Waals surface area contributed by atoms with Crippen LogP contribution < -0.4 is 9.47 Å². The molecule has 2 saturated heterocycles. The van der Waals surface area contributed by atoms with Crippen molar-refractivity contribution in [1.29, 1.82) is 0 Å². The van der Waals surface area contributed by atoms with Crippen LogP contribution in [0, 0.1) is 5.41 Å². The molecule has 38 heavy (non-hydrogen) atoms. The second-order valence-electron chi connectivity index (χ2n) is 10.6. The van der Waals surface area contributed by atoms with Crippen LogP contribution in [0.4, 0.5) is 4.79 Å². The molecule has 10 nitrogen and oxygen atoms in total. The van der Waals surface area contributed by atoms with E-state index in [1.807, 2.05) is 13.8 Å². The largest absolute Gasteiger partial charge is 0.490 e. The number of aliphatic carboxylic acids is 1. The number of carboxylic acid groups (broad SMARTS) is 1. The van der Waals surface area contributed by atoms with Gasteiger partial charge in [0.1, 0.15) is 11.9 Å². The Kier molecular flexibility index (Phi) is 8.29. The lowest BCUT2D eigenvalue weighted by Crippen LogP contribution is -2.46. The van der Waals surface area contributed by atoms with Crippen LogP contribution in [0.15, 0.2) is 42.6 Å². The van der Waals surface area contributed by atoms with E-state index in [1.54, 1.807) is 47.5 Å². The Morgan fingerprint density at radius 2 is 1.63 bits per heavy atom. The Labute approximate surface area is 221 Å². The van der Waals surface area contributed by atoms with Crippen LogP contribution in [-0.2, 0) is 27.2 Å². The zero-order chi connectivity index (χ0) is 27.3. The van der Waals surface area contributed by atoms with Gasteiger partial charge in [-0.05, 0) is 35.1 Å². The standard InChI is InChI=1S/C28H33N3O7/c1-28(2)16-24(32)31(25(33)17-28)14-9-20-5-8-23(29-18-20)38-27(36)30-12-10-22(11-13-30)37-21-6-3-19(4-7-21)15-26(34)35/h3-8,18,22H,9-17H2,1-2H3,(H,34,35). The first kappa shape index (κ1) is 27.1. The minimum atomic E-state index is -0.878. The van der Waals surface area contributed by atoms with Gasteiger partial charge in [-0.2, -0.15) is 0 Å². The van der Waals surface area contributed by atoms with Crippen LogP contribution in [0.2, 0.25) is 0 Å². The Hall–Kier alpha value is -3.95. The monoisotopic (exact) mass is 523 g/mol. The van der Waals surface area contributed by atoms with Crippen LogP contribution in [0.5, 0.6) is 11.6 Å². The van der Waals surface area contributed by atoms with E-state index in [4.69, 9.17) is 14.6 Å². The minimum Gasteiger partial charge on any atom is -0.490 e. The molecule has 1 N–H and O–H groups in total. The van der Waals surface area contributed by atoms with Gasteiger partial charge in [0.2, 0.25) is 17.7 Å². The van der Waals surface area contributed by atoms with E-state index in [0.717, 1.165) is 5.56 Å². The molecule has 0 radical (unpaired) electrons.